The molecule has 1 aromatic carbocycles. The van der Waals surface area contributed by atoms with Crippen molar-refractivity contribution in [3.63, 3.8) is 0 Å². The zero-order valence-corrected chi connectivity index (χ0v) is 15.4. The van der Waals surface area contributed by atoms with Gasteiger partial charge in [0.25, 0.3) is 5.65 Å². The van der Waals surface area contributed by atoms with Gasteiger partial charge in [0, 0.05) is 25.7 Å². The molecule has 0 spiro atoms. The van der Waals surface area contributed by atoms with Crippen molar-refractivity contribution in [3.05, 3.63) is 60.4 Å². The zero-order valence-electron chi connectivity index (χ0n) is 13.2. The number of rotatable bonds is 3. The number of pyridine rings is 1. The average molecular weight is 423 g/mol. The molecule has 0 radical (unpaired) electrons. The molecule has 0 aliphatic rings. The molecule has 2 heterocycles. The van der Waals surface area contributed by atoms with Gasteiger partial charge in [-0.25, -0.2) is 9.36 Å². The molecule has 5 nitrogen and oxygen atoms in total. The van der Waals surface area contributed by atoms with Crippen LogP contribution < -0.4 is 28.4 Å². The smallest absolute Gasteiger partial charge is 0.397 e. The van der Waals surface area contributed by atoms with Crippen LogP contribution in [0.5, 0.6) is 0 Å². The predicted octanol–water partition coefficient (Wildman–Crippen LogP) is -0.932. The Morgan fingerprint density at radius 2 is 1.78 bits per heavy atom. The lowest BCUT2D eigenvalue weighted by molar-refractivity contribution is -0.514. The van der Waals surface area contributed by atoms with Crippen molar-refractivity contribution in [2.45, 2.75) is 0 Å². The summed E-state index contributed by atoms with van der Waals surface area (Å²) in [7, 11) is 5.35. The van der Waals surface area contributed by atoms with Crippen LogP contribution in [-0.2, 0) is 11.9 Å². The van der Waals surface area contributed by atoms with E-state index in [1.54, 1.807) is 20.2 Å². The minimum atomic E-state index is -0.384. The largest absolute Gasteiger partial charge is 1.00 e. The first-order chi connectivity index (χ1) is 10.6. The minimum Gasteiger partial charge on any atom is -1.00 e. The Morgan fingerprint density at radius 1 is 1.09 bits per heavy atom. The van der Waals surface area contributed by atoms with Gasteiger partial charge < -0.3 is 28.8 Å². The Hall–Kier alpha value is -1.93. The van der Waals surface area contributed by atoms with Crippen molar-refractivity contribution in [2.24, 2.45) is 7.05 Å². The number of carbonyl (C=O) groups is 1. The number of imidazole rings is 1. The van der Waals surface area contributed by atoms with E-state index in [4.69, 9.17) is 4.84 Å². The van der Waals surface area contributed by atoms with Crippen molar-refractivity contribution in [2.75, 3.05) is 14.1 Å². The number of hydrogen-bond donors (Lipinski definition) is 0. The molecule has 0 aliphatic carbocycles. The number of aryl methyl sites for hydroxylation is 1. The molecule has 3 rings (SSSR count). The second-order valence-electron chi connectivity index (χ2n) is 5.27. The molecule has 0 unspecified atom stereocenters. The van der Waals surface area contributed by atoms with Crippen LogP contribution in [0.25, 0.3) is 16.9 Å². The third-order valence-corrected chi connectivity index (χ3v) is 3.51. The van der Waals surface area contributed by atoms with Crippen LogP contribution in [0.2, 0.25) is 0 Å². The molecule has 0 atom stereocenters. The molecule has 0 fully saturated rings. The molecule has 23 heavy (non-hydrogen) atoms. The van der Waals surface area contributed by atoms with E-state index in [0.717, 1.165) is 16.9 Å². The van der Waals surface area contributed by atoms with Crippen molar-refractivity contribution in [3.8, 4) is 11.3 Å². The van der Waals surface area contributed by atoms with E-state index in [2.05, 4.69) is 4.57 Å². The predicted molar refractivity (Wildman–Crippen MR) is 83.1 cm³/mol. The summed E-state index contributed by atoms with van der Waals surface area (Å²) < 4.78 is 3.91. The third-order valence-electron chi connectivity index (χ3n) is 3.51. The van der Waals surface area contributed by atoms with Gasteiger partial charge >= 0.3 is 5.97 Å². The highest BCUT2D eigenvalue weighted by atomic mass is 127. The summed E-state index contributed by atoms with van der Waals surface area (Å²) in [5.41, 5.74) is 3.54. The van der Waals surface area contributed by atoms with Gasteiger partial charge in [0.2, 0.25) is 5.69 Å². The highest BCUT2D eigenvalue weighted by molar-refractivity contribution is 5.85. The van der Waals surface area contributed by atoms with Crippen molar-refractivity contribution in [1.82, 2.24) is 9.63 Å². The maximum Gasteiger partial charge on any atom is 0.397 e. The van der Waals surface area contributed by atoms with Crippen molar-refractivity contribution in [1.29, 1.82) is 0 Å². The first kappa shape index (κ1) is 17.4. The van der Waals surface area contributed by atoms with Gasteiger partial charge in [-0.3, -0.25) is 0 Å². The Bertz CT molecular complexity index is 828. The van der Waals surface area contributed by atoms with E-state index in [1.807, 2.05) is 60.1 Å². The molecule has 0 bridgehead atoms. The van der Waals surface area contributed by atoms with Gasteiger partial charge in [-0.1, -0.05) is 30.3 Å². The Morgan fingerprint density at radius 3 is 2.43 bits per heavy atom. The summed E-state index contributed by atoms with van der Waals surface area (Å²) in [5, 5.41) is 1.39. The summed E-state index contributed by atoms with van der Waals surface area (Å²) in [5.74, 6) is -0.384. The molecular formula is C17H18IN3O2. The first-order valence-electron chi connectivity index (χ1n) is 7.03. The number of hydroxylamine groups is 2. The van der Waals surface area contributed by atoms with Crippen LogP contribution in [0.15, 0.2) is 54.7 Å². The van der Waals surface area contributed by atoms with E-state index in [-0.39, 0.29) is 29.9 Å². The lowest BCUT2D eigenvalue weighted by atomic mass is 10.2. The summed E-state index contributed by atoms with van der Waals surface area (Å²) in [6.45, 7) is 0. The van der Waals surface area contributed by atoms with Crippen molar-refractivity contribution < 1.29 is 38.0 Å². The lowest BCUT2D eigenvalue weighted by Crippen LogP contribution is -3.00. The summed E-state index contributed by atoms with van der Waals surface area (Å²) in [6.07, 6.45) is 1.96. The monoisotopic (exact) mass is 423 g/mol. The highest BCUT2D eigenvalue weighted by Crippen LogP contribution is 2.19. The molecule has 0 amide bonds. The highest BCUT2D eigenvalue weighted by Gasteiger charge is 2.23. The molecule has 0 N–H and O–H groups in total. The summed E-state index contributed by atoms with van der Waals surface area (Å²) in [6, 6.07) is 15.7. The Balaban J connectivity index is 0.00000192. The topological polar surface area (TPSA) is 38.6 Å². The molecule has 2 aromatic heterocycles. The summed E-state index contributed by atoms with van der Waals surface area (Å²) >= 11 is 0. The van der Waals surface area contributed by atoms with E-state index >= 15 is 0 Å². The van der Waals surface area contributed by atoms with Crippen LogP contribution in [-0.4, -0.2) is 29.7 Å². The number of fused-ring (bicyclic) bond motifs is 1. The van der Waals surface area contributed by atoms with Gasteiger partial charge in [0.1, 0.15) is 6.20 Å². The van der Waals surface area contributed by atoms with E-state index in [0.29, 0.717) is 5.69 Å². The van der Waals surface area contributed by atoms with Gasteiger partial charge in [-0.05, 0) is 12.1 Å². The Labute approximate surface area is 152 Å². The SMILES string of the molecule is CN(C)OC(=O)c1cccc2n(C)c(-c3ccccc3)c[n+]12.[I-]. The molecule has 120 valence electrons. The fraction of sp³-hybridized carbons (Fsp3) is 0.176. The van der Waals surface area contributed by atoms with Crippen molar-refractivity contribution >= 4 is 11.6 Å². The number of aromatic nitrogens is 2. The maximum atomic E-state index is 12.2. The van der Waals surface area contributed by atoms with Gasteiger partial charge in [-0.2, -0.15) is 4.40 Å². The molecule has 3 aromatic rings. The molecule has 0 saturated carbocycles. The second-order valence-corrected chi connectivity index (χ2v) is 5.27. The van der Waals surface area contributed by atoms with Crippen LogP contribution in [0, 0.1) is 0 Å². The average Bonchev–Trinajstić information content (AvgIpc) is 2.85. The van der Waals surface area contributed by atoms with Gasteiger partial charge in [0.15, 0.2) is 5.69 Å². The van der Waals surface area contributed by atoms with E-state index < -0.39 is 0 Å². The molecule has 0 aliphatic heterocycles. The number of carbonyl (C=O) groups excluding carboxylic acids is 1. The fourth-order valence-corrected chi connectivity index (χ4v) is 2.51. The zero-order chi connectivity index (χ0) is 15.7. The number of hydrogen-bond acceptors (Lipinski definition) is 3. The molecule has 0 saturated heterocycles. The van der Waals surface area contributed by atoms with Gasteiger partial charge in [0.05, 0.1) is 7.05 Å². The summed E-state index contributed by atoms with van der Waals surface area (Å²) in [4.78, 5) is 17.4. The lowest BCUT2D eigenvalue weighted by Gasteiger charge is -2.08. The molecule has 6 heteroatoms. The number of benzene rings is 1. The molecular weight excluding hydrogens is 405 g/mol. The van der Waals surface area contributed by atoms with Gasteiger partial charge in [-0.15, -0.1) is 5.06 Å². The fourth-order valence-electron chi connectivity index (χ4n) is 2.51. The van der Waals surface area contributed by atoms with Crippen LogP contribution >= 0.6 is 0 Å². The number of halogens is 1. The van der Waals surface area contributed by atoms with Crippen LogP contribution in [0.1, 0.15) is 10.5 Å². The van der Waals surface area contributed by atoms with E-state index in [1.165, 1.54) is 5.06 Å². The normalized spacial score (nSPS) is 10.6. The van der Waals surface area contributed by atoms with Crippen LogP contribution in [0.4, 0.5) is 0 Å². The van der Waals surface area contributed by atoms with E-state index in [9.17, 15) is 4.79 Å². The maximum absolute atomic E-state index is 12.2. The number of nitrogens with zero attached hydrogens (tertiary/aromatic N) is 3. The third kappa shape index (κ3) is 3.37. The van der Waals surface area contributed by atoms with Crippen LogP contribution in [0.3, 0.4) is 0 Å². The Kier molecular flexibility index (Phi) is 5.38. The quantitative estimate of drug-likeness (QED) is 0.311. The minimum absolute atomic E-state index is 0. The standard InChI is InChI=1S/C17H18N3O2.HI/c1-18(2)22-17(21)14-10-7-11-16-19(3)15(12-20(14)16)13-8-5-4-6-9-13;/h4-12H,1-3H3;1H/q+1;/p-1. The first-order valence-corrected chi connectivity index (χ1v) is 7.03. The second kappa shape index (κ2) is 7.10.